The average Bonchev–Trinajstić information content (AvgIpc) is 2.35. The largest absolute Gasteiger partial charge is 0.0882 e. The van der Waals surface area contributed by atoms with Crippen LogP contribution in [0, 0.1) is 0 Å². The van der Waals surface area contributed by atoms with Crippen LogP contribution in [0.25, 0.3) is 0 Å². The average molecular weight is 286 g/mol. The van der Waals surface area contributed by atoms with Crippen LogP contribution in [0.1, 0.15) is 39.5 Å². The number of hydrogen-bond donors (Lipinski definition) is 0. The predicted molar refractivity (Wildman–Crippen MR) is 86.1 cm³/mol. The van der Waals surface area contributed by atoms with E-state index in [0.717, 1.165) is 0 Å². The Labute approximate surface area is 115 Å². The second-order valence-corrected chi connectivity index (χ2v) is 13.0. The molecule has 1 aromatic carbocycles. The zero-order valence-electron chi connectivity index (χ0n) is 10.9. The fourth-order valence-corrected chi connectivity index (χ4v) is 8.73. The molecule has 3 heteroatoms. The van der Waals surface area contributed by atoms with Crippen molar-refractivity contribution in [3.8, 4) is 0 Å². The van der Waals surface area contributed by atoms with Crippen LogP contribution in [-0.2, 0) is 11.8 Å². The van der Waals surface area contributed by atoms with Crippen molar-refractivity contribution in [3.63, 3.8) is 0 Å². The Bertz CT molecular complexity index is 336. The number of hydrogen-bond acceptors (Lipinski definition) is 2. The molecule has 96 valence electrons. The van der Waals surface area contributed by atoms with E-state index in [1.165, 1.54) is 42.9 Å². The highest BCUT2D eigenvalue weighted by molar-refractivity contribution is 8.71. The highest BCUT2D eigenvalue weighted by Gasteiger charge is 2.17. The van der Waals surface area contributed by atoms with Gasteiger partial charge >= 0.3 is 0 Å². The van der Waals surface area contributed by atoms with Crippen molar-refractivity contribution >= 4 is 28.4 Å². The van der Waals surface area contributed by atoms with E-state index in [1.54, 1.807) is 0 Å². The molecule has 0 saturated heterocycles. The summed E-state index contributed by atoms with van der Waals surface area (Å²) in [5, 5.41) is -1.22. The van der Waals surface area contributed by atoms with Crippen LogP contribution in [0.15, 0.2) is 35.2 Å². The van der Waals surface area contributed by atoms with Crippen molar-refractivity contribution in [1.82, 2.24) is 0 Å². The van der Waals surface area contributed by atoms with Gasteiger partial charge in [-0.3, -0.25) is 0 Å². The van der Waals surface area contributed by atoms with E-state index >= 15 is 0 Å². The molecule has 0 radical (unpaired) electrons. The van der Waals surface area contributed by atoms with E-state index < -0.39 is 5.24 Å². The molecule has 17 heavy (non-hydrogen) atoms. The molecular formula is C14H23PS2. The maximum Gasteiger partial charge on any atom is 0.0124 e. The molecular weight excluding hydrogens is 263 g/mol. The Kier molecular flexibility index (Phi) is 7.50. The molecule has 0 nitrogen and oxygen atoms in total. The zero-order chi connectivity index (χ0) is 12.6. The summed E-state index contributed by atoms with van der Waals surface area (Å²) in [5.41, 5.74) is 0. The van der Waals surface area contributed by atoms with Crippen molar-refractivity contribution in [3.05, 3.63) is 30.3 Å². The quantitative estimate of drug-likeness (QED) is 0.556. The van der Waals surface area contributed by atoms with Crippen LogP contribution in [-0.4, -0.2) is 12.3 Å². The molecule has 0 aromatic heterocycles. The van der Waals surface area contributed by atoms with E-state index in [1.807, 2.05) is 11.4 Å². The predicted octanol–water partition coefficient (Wildman–Crippen LogP) is 5.77. The van der Waals surface area contributed by atoms with Crippen LogP contribution in [0.5, 0.6) is 0 Å². The summed E-state index contributed by atoms with van der Waals surface area (Å²) in [6.45, 7) is 4.51. The van der Waals surface area contributed by atoms with E-state index in [-0.39, 0.29) is 0 Å². The summed E-state index contributed by atoms with van der Waals surface area (Å²) in [7, 11) is 0. The topological polar surface area (TPSA) is 0 Å². The minimum Gasteiger partial charge on any atom is -0.0882 e. The second-order valence-electron chi connectivity index (χ2n) is 4.37. The first-order chi connectivity index (χ1) is 8.20. The Morgan fingerprint density at radius 2 is 1.53 bits per heavy atom. The SMILES string of the molecule is CCCCP(=S)(CCCC)Sc1ccccc1. The number of unbranched alkanes of at least 4 members (excludes halogenated alkanes) is 2. The molecule has 0 heterocycles. The molecule has 0 saturated carbocycles. The lowest BCUT2D eigenvalue weighted by Gasteiger charge is -2.21. The molecule has 1 aromatic rings. The van der Waals surface area contributed by atoms with Crippen molar-refractivity contribution in [2.75, 3.05) is 12.3 Å². The van der Waals surface area contributed by atoms with Crippen LogP contribution in [0.2, 0.25) is 0 Å². The van der Waals surface area contributed by atoms with Gasteiger partial charge in [0.05, 0.1) is 0 Å². The molecule has 0 aliphatic heterocycles. The van der Waals surface area contributed by atoms with Crippen molar-refractivity contribution in [2.45, 2.75) is 44.4 Å². The third-order valence-electron chi connectivity index (χ3n) is 2.72. The van der Waals surface area contributed by atoms with Gasteiger partial charge in [0.25, 0.3) is 0 Å². The molecule has 0 fully saturated rings. The number of benzene rings is 1. The lowest BCUT2D eigenvalue weighted by Crippen LogP contribution is -1.92. The van der Waals surface area contributed by atoms with Crippen molar-refractivity contribution in [2.24, 2.45) is 0 Å². The van der Waals surface area contributed by atoms with Gasteiger partial charge in [-0.15, -0.1) is 0 Å². The van der Waals surface area contributed by atoms with Gasteiger partial charge in [-0.1, -0.05) is 68.1 Å². The minimum absolute atomic E-state index is 1.22. The Morgan fingerprint density at radius 1 is 1.00 bits per heavy atom. The molecule has 0 bridgehead atoms. The summed E-state index contributed by atoms with van der Waals surface area (Å²) in [5.74, 6) is 0. The molecule has 0 unspecified atom stereocenters. The standard InChI is InChI=1S/C14H23PS2/c1-3-5-12-15(16,13-6-4-2)17-14-10-8-7-9-11-14/h7-11H,3-6,12-13H2,1-2H3. The molecule has 0 aliphatic rings. The zero-order valence-corrected chi connectivity index (χ0v) is 13.4. The minimum atomic E-state index is -1.22. The molecule has 1 rings (SSSR count). The maximum absolute atomic E-state index is 5.99. The van der Waals surface area contributed by atoms with Gasteiger partial charge in [0.15, 0.2) is 0 Å². The number of rotatable bonds is 8. The maximum atomic E-state index is 5.99. The van der Waals surface area contributed by atoms with Gasteiger partial charge in [0, 0.05) is 10.1 Å². The van der Waals surface area contributed by atoms with E-state index in [2.05, 4.69) is 44.2 Å². The monoisotopic (exact) mass is 286 g/mol. The lowest BCUT2D eigenvalue weighted by molar-refractivity contribution is 0.872. The van der Waals surface area contributed by atoms with Gasteiger partial charge in [0.1, 0.15) is 0 Å². The summed E-state index contributed by atoms with van der Waals surface area (Å²) in [4.78, 5) is 1.36. The molecule has 0 spiro atoms. The van der Waals surface area contributed by atoms with Crippen molar-refractivity contribution in [1.29, 1.82) is 0 Å². The van der Waals surface area contributed by atoms with E-state index in [4.69, 9.17) is 11.8 Å². The highest BCUT2D eigenvalue weighted by Crippen LogP contribution is 2.63. The molecule has 0 amide bonds. The first-order valence-electron chi connectivity index (χ1n) is 6.53. The van der Waals surface area contributed by atoms with E-state index in [0.29, 0.717) is 0 Å². The van der Waals surface area contributed by atoms with Crippen LogP contribution in [0.4, 0.5) is 0 Å². The summed E-state index contributed by atoms with van der Waals surface area (Å²) < 4.78 is 0. The van der Waals surface area contributed by atoms with Crippen LogP contribution >= 0.6 is 16.6 Å². The third-order valence-corrected chi connectivity index (χ3v) is 10.0. The highest BCUT2D eigenvalue weighted by atomic mass is 32.9. The lowest BCUT2D eigenvalue weighted by atomic mass is 10.4. The Balaban J connectivity index is 2.65. The van der Waals surface area contributed by atoms with Gasteiger partial charge in [0.2, 0.25) is 0 Å². The third kappa shape index (κ3) is 6.08. The summed E-state index contributed by atoms with van der Waals surface area (Å²) >= 11 is 7.99. The van der Waals surface area contributed by atoms with E-state index in [9.17, 15) is 0 Å². The van der Waals surface area contributed by atoms with Gasteiger partial charge in [-0.25, -0.2) is 0 Å². The van der Waals surface area contributed by atoms with Gasteiger partial charge in [-0.05, 0) is 37.3 Å². The Hall–Kier alpha value is 0.220. The Morgan fingerprint density at radius 3 is 2.00 bits per heavy atom. The van der Waals surface area contributed by atoms with Crippen molar-refractivity contribution < 1.29 is 0 Å². The van der Waals surface area contributed by atoms with Gasteiger partial charge in [-0.2, -0.15) is 0 Å². The summed E-state index contributed by atoms with van der Waals surface area (Å²) in [6.07, 6.45) is 7.64. The van der Waals surface area contributed by atoms with Crippen LogP contribution < -0.4 is 0 Å². The fourth-order valence-electron chi connectivity index (χ4n) is 1.67. The fraction of sp³-hybridized carbons (Fsp3) is 0.571. The van der Waals surface area contributed by atoms with Crippen LogP contribution in [0.3, 0.4) is 0 Å². The summed E-state index contributed by atoms with van der Waals surface area (Å²) in [6, 6.07) is 10.7. The molecule has 0 aliphatic carbocycles. The molecule has 0 atom stereocenters. The smallest absolute Gasteiger partial charge is 0.0124 e. The second kappa shape index (κ2) is 8.34. The first-order valence-corrected chi connectivity index (χ1v) is 11.1. The molecule has 0 N–H and O–H groups in total. The van der Waals surface area contributed by atoms with Gasteiger partial charge < -0.3 is 0 Å². The normalized spacial score (nSPS) is 11.6. The first kappa shape index (κ1) is 15.3.